The molecule has 0 saturated heterocycles. The summed E-state index contributed by atoms with van der Waals surface area (Å²) in [5.74, 6) is 0. The molecule has 1 nitrogen and oxygen atoms in total. The molecule has 16 heavy (non-hydrogen) atoms. The lowest BCUT2D eigenvalue weighted by molar-refractivity contribution is 1.62. The van der Waals surface area contributed by atoms with Gasteiger partial charge in [0, 0.05) is 11.1 Å². The molecule has 0 aliphatic heterocycles. The van der Waals surface area contributed by atoms with E-state index in [1.54, 1.807) is 6.07 Å². The van der Waals surface area contributed by atoms with Crippen molar-refractivity contribution < 1.29 is 0 Å². The Hall–Kier alpha value is -2.15. The standard InChI is InChI=1S/C15H8O/c16-13-7-6-10-5-4-9-2-1-3-11-8-12(13)15(10)14(9)11/h1-8H. The minimum absolute atomic E-state index is 0.121. The van der Waals surface area contributed by atoms with Gasteiger partial charge in [0.25, 0.3) is 0 Å². The Kier molecular flexibility index (Phi) is 1.26. The summed E-state index contributed by atoms with van der Waals surface area (Å²) >= 11 is 0. The molecule has 0 aromatic heterocycles. The van der Waals surface area contributed by atoms with E-state index >= 15 is 0 Å². The summed E-state index contributed by atoms with van der Waals surface area (Å²) in [4.78, 5) is 11.8. The molecule has 0 fully saturated rings. The van der Waals surface area contributed by atoms with Gasteiger partial charge in [0.05, 0.1) is 0 Å². The number of hydrogen-bond donors (Lipinski definition) is 0. The van der Waals surface area contributed by atoms with Crippen molar-refractivity contribution in [2.45, 2.75) is 0 Å². The summed E-state index contributed by atoms with van der Waals surface area (Å²) in [5.41, 5.74) is 2.10. The van der Waals surface area contributed by atoms with Gasteiger partial charge in [-0.1, -0.05) is 36.4 Å². The Morgan fingerprint density at radius 3 is 2.44 bits per heavy atom. The topological polar surface area (TPSA) is 17.1 Å². The van der Waals surface area contributed by atoms with E-state index in [0.717, 1.165) is 16.5 Å². The van der Waals surface area contributed by atoms with Gasteiger partial charge in [-0.25, -0.2) is 0 Å². The van der Waals surface area contributed by atoms with Gasteiger partial charge in [-0.15, -0.1) is 0 Å². The third-order valence-electron chi connectivity index (χ3n) is 3.36. The molecule has 4 rings (SSSR count). The lowest BCUT2D eigenvalue weighted by Crippen LogP contribution is -2.00. The monoisotopic (exact) mass is 204 g/mol. The Bertz CT molecular complexity index is 816. The second-order valence-corrected chi connectivity index (χ2v) is 4.23. The van der Waals surface area contributed by atoms with E-state index in [4.69, 9.17) is 0 Å². The predicted octanol–water partition coefficient (Wildman–Crippen LogP) is 3.33. The molecule has 0 radical (unpaired) electrons. The molecular formula is C15H8O. The lowest BCUT2D eigenvalue weighted by atomic mass is 9.98. The van der Waals surface area contributed by atoms with E-state index < -0.39 is 0 Å². The minimum atomic E-state index is 0.121. The summed E-state index contributed by atoms with van der Waals surface area (Å²) in [7, 11) is 0. The van der Waals surface area contributed by atoms with E-state index in [1.165, 1.54) is 16.2 Å². The van der Waals surface area contributed by atoms with Crippen LogP contribution in [-0.2, 0) is 0 Å². The number of hydrogen-bond acceptors (Lipinski definition) is 1. The van der Waals surface area contributed by atoms with Gasteiger partial charge < -0.3 is 0 Å². The van der Waals surface area contributed by atoms with Gasteiger partial charge in [-0.3, -0.25) is 4.79 Å². The molecule has 2 aliphatic carbocycles. The molecular weight excluding hydrogens is 196 g/mol. The third kappa shape index (κ3) is 0.797. The first kappa shape index (κ1) is 8.05. The van der Waals surface area contributed by atoms with Crippen LogP contribution in [0.15, 0.2) is 53.3 Å². The van der Waals surface area contributed by atoms with Crippen LogP contribution in [0, 0.1) is 0 Å². The maximum atomic E-state index is 11.8. The predicted molar refractivity (Wildman–Crippen MR) is 66.7 cm³/mol. The maximum absolute atomic E-state index is 11.8. The highest BCUT2D eigenvalue weighted by atomic mass is 16.1. The highest BCUT2D eigenvalue weighted by Crippen LogP contribution is 2.39. The number of benzene rings is 3. The molecule has 0 amide bonds. The second-order valence-electron chi connectivity index (χ2n) is 4.23. The summed E-state index contributed by atoms with van der Waals surface area (Å²) in [6.45, 7) is 0. The Morgan fingerprint density at radius 1 is 0.750 bits per heavy atom. The van der Waals surface area contributed by atoms with Gasteiger partial charge >= 0.3 is 0 Å². The van der Waals surface area contributed by atoms with Crippen molar-refractivity contribution >= 4 is 21.5 Å². The fourth-order valence-corrected chi connectivity index (χ4v) is 2.65. The molecule has 0 atom stereocenters. The van der Waals surface area contributed by atoms with E-state index in [9.17, 15) is 4.79 Å². The average molecular weight is 204 g/mol. The first-order valence-corrected chi connectivity index (χ1v) is 5.35. The molecule has 2 aliphatic rings. The first-order valence-electron chi connectivity index (χ1n) is 5.35. The fraction of sp³-hybridized carbons (Fsp3) is 0. The SMILES string of the molecule is O=c1ccc2ccc3cccc4cc1-c2c34. The van der Waals surface area contributed by atoms with Crippen LogP contribution in [0.3, 0.4) is 0 Å². The van der Waals surface area contributed by atoms with Gasteiger partial charge in [-0.2, -0.15) is 0 Å². The fourth-order valence-electron chi connectivity index (χ4n) is 2.65. The van der Waals surface area contributed by atoms with E-state index in [2.05, 4.69) is 24.3 Å². The van der Waals surface area contributed by atoms with Gasteiger partial charge in [0.15, 0.2) is 5.43 Å². The van der Waals surface area contributed by atoms with Gasteiger partial charge in [-0.05, 0) is 33.7 Å². The van der Waals surface area contributed by atoms with Crippen LogP contribution in [0.1, 0.15) is 0 Å². The van der Waals surface area contributed by atoms with Crippen molar-refractivity contribution in [2.24, 2.45) is 0 Å². The van der Waals surface area contributed by atoms with Crippen molar-refractivity contribution in [1.29, 1.82) is 0 Å². The van der Waals surface area contributed by atoms with Crippen LogP contribution in [0.25, 0.3) is 32.7 Å². The van der Waals surface area contributed by atoms with Crippen molar-refractivity contribution in [2.75, 3.05) is 0 Å². The average Bonchev–Trinajstić information content (AvgIpc) is 2.70. The van der Waals surface area contributed by atoms with Crippen LogP contribution in [0.5, 0.6) is 0 Å². The highest BCUT2D eigenvalue weighted by molar-refractivity contribution is 6.17. The maximum Gasteiger partial charge on any atom is 0.186 e. The quantitative estimate of drug-likeness (QED) is 0.401. The zero-order valence-corrected chi connectivity index (χ0v) is 8.53. The van der Waals surface area contributed by atoms with Gasteiger partial charge in [0.1, 0.15) is 0 Å². The van der Waals surface area contributed by atoms with Crippen molar-refractivity contribution in [3.8, 4) is 11.1 Å². The zero-order chi connectivity index (χ0) is 10.7. The lowest BCUT2D eigenvalue weighted by Gasteiger charge is -2.05. The van der Waals surface area contributed by atoms with Crippen LogP contribution in [0.2, 0.25) is 0 Å². The molecule has 1 heteroatoms. The smallest absolute Gasteiger partial charge is 0.186 e. The minimum Gasteiger partial charge on any atom is -0.289 e. The second kappa shape index (κ2) is 2.50. The van der Waals surface area contributed by atoms with E-state index in [0.29, 0.717) is 0 Å². The molecule has 0 saturated carbocycles. The molecule has 0 unspecified atom stereocenters. The van der Waals surface area contributed by atoms with E-state index in [-0.39, 0.29) is 5.43 Å². The van der Waals surface area contributed by atoms with Crippen LogP contribution in [-0.4, -0.2) is 0 Å². The molecule has 2 aromatic rings. The zero-order valence-electron chi connectivity index (χ0n) is 8.53. The number of rotatable bonds is 0. The Balaban J connectivity index is 2.49. The molecule has 0 heterocycles. The van der Waals surface area contributed by atoms with Crippen molar-refractivity contribution in [3.05, 3.63) is 58.8 Å². The molecule has 0 spiro atoms. The Morgan fingerprint density at radius 2 is 1.50 bits per heavy atom. The Labute approximate surface area is 92.0 Å². The first-order chi connectivity index (χ1) is 7.84. The summed E-state index contributed by atoms with van der Waals surface area (Å²) in [5, 5.41) is 4.77. The molecule has 2 aromatic carbocycles. The van der Waals surface area contributed by atoms with Gasteiger partial charge in [0.2, 0.25) is 0 Å². The van der Waals surface area contributed by atoms with E-state index in [1.807, 2.05) is 18.2 Å². The van der Waals surface area contributed by atoms with Crippen LogP contribution in [0.4, 0.5) is 0 Å². The van der Waals surface area contributed by atoms with Crippen LogP contribution < -0.4 is 5.43 Å². The summed E-state index contributed by atoms with van der Waals surface area (Å²) < 4.78 is 0. The largest absolute Gasteiger partial charge is 0.289 e. The third-order valence-corrected chi connectivity index (χ3v) is 3.36. The molecule has 0 N–H and O–H groups in total. The summed E-state index contributed by atoms with van der Waals surface area (Å²) in [6.07, 6.45) is 0. The highest BCUT2D eigenvalue weighted by Gasteiger charge is 2.16. The normalized spacial score (nSPS) is 12.0. The molecule has 74 valence electrons. The van der Waals surface area contributed by atoms with Crippen molar-refractivity contribution in [3.63, 3.8) is 0 Å². The van der Waals surface area contributed by atoms with Crippen molar-refractivity contribution in [1.82, 2.24) is 0 Å². The summed E-state index contributed by atoms with van der Waals surface area (Å²) in [6, 6.07) is 16.0. The molecule has 0 bridgehead atoms. The van der Waals surface area contributed by atoms with Crippen LogP contribution >= 0.6 is 0 Å².